The summed E-state index contributed by atoms with van der Waals surface area (Å²) in [6.45, 7) is 7.37. The van der Waals surface area contributed by atoms with Crippen LogP contribution in [0.4, 0.5) is 0 Å². The molecule has 0 aromatic heterocycles. The van der Waals surface area contributed by atoms with Crippen LogP contribution in [0.1, 0.15) is 38.7 Å². The van der Waals surface area contributed by atoms with Gasteiger partial charge < -0.3 is 15.3 Å². The minimum absolute atomic E-state index is 0.239. The molecule has 0 bridgehead atoms. The number of aliphatic hydroxyl groups excluding tert-OH is 2. The van der Waals surface area contributed by atoms with E-state index in [9.17, 15) is 15.3 Å². The van der Waals surface area contributed by atoms with Crippen LogP contribution < -0.4 is 0 Å². The molecule has 0 fully saturated rings. The van der Waals surface area contributed by atoms with Crippen LogP contribution in [0.3, 0.4) is 0 Å². The van der Waals surface area contributed by atoms with Crippen LogP contribution >= 0.6 is 15.9 Å². The maximum absolute atomic E-state index is 10.2. The predicted molar refractivity (Wildman–Crippen MR) is 94.7 cm³/mol. The number of rotatable bonds is 8. The highest BCUT2D eigenvalue weighted by Crippen LogP contribution is 2.27. The van der Waals surface area contributed by atoms with Crippen LogP contribution in [0.2, 0.25) is 0 Å². The maximum atomic E-state index is 10.2. The zero-order valence-electron chi connectivity index (χ0n) is 13.2. The van der Waals surface area contributed by atoms with E-state index in [4.69, 9.17) is 0 Å². The van der Waals surface area contributed by atoms with Gasteiger partial charge in [-0.25, -0.2) is 0 Å². The normalized spacial score (nSPS) is 16.1. The van der Waals surface area contributed by atoms with Crippen molar-refractivity contribution >= 4 is 22.0 Å². The van der Waals surface area contributed by atoms with Gasteiger partial charge >= 0.3 is 0 Å². The van der Waals surface area contributed by atoms with Gasteiger partial charge in [0, 0.05) is 16.0 Å². The fourth-order valence-corrected chi connectivity index (χ4v) is 2.79. The third kappa shape index (κ3) is 5.59. The summed E-state index contributed by atoms with van der Waals surface area (Å²) in [6, 6.07) is 5.31. The van der Waals surface area contributed by atoms with Gasteiger partial charge in [0.25, 0.3) is 0 Å². The molecule has 0 radical (unpaired) electrons. The van der Waals surface area contributed by atoms with Crippen molar-refractivity contribution in [1.82, 2.24) is 0 Å². The monoisotopic (exact) mass is 368 g/mol. The lowest BCUT2D eigenvalue weighted by atomic mass is 9.91. The average molecular weight is 369 g/mol. The van der Waals surface area contributed by atoms with Gasteiger partial charge in [-0.2, -0.15) is 0 Å². The minimum Gasteiger partial charge on any atom is -0.507 e. The third-order valence-corrected chi connectivity index (χ3v) is 4.33. The van der Waals surface area contributed by atoms with Crippen molar-refractivity contribution in [3.63, 3.8) is 0 Å². The van der Waals surface area contributed by atoms with Gasteiger partial charge in [0.15, 0.2) is 0 Å². The molecule has 122 valence electrons. The quantitative estimate of drug-likeness (QED) is 0.600. The molecule has 0 unspecified atom stereocenters. The molecule has 3 atom stereocenters. The van der Waals surface area contributed by atoms with Crippen LogP contribution in [-0.4, -0.2) is 27.5 Å². The molecule has 1 rings (SSSR count). The molecule has 1 aromatic rings. The molecule has 0 aliphatic carbocycles. The lowest BCUT2D eigenvalue weighted by molar-refractivity contribution is 0.0421. The van der Waals surface area contributed by atoms with Crippen molar-refractivity contribution in [2.45, 2.75) is 45.3 Å². The summed E-state index contributed by atoms with van der Waals surface area (Å²) in [5, 5.41) is 29.7. The standard InChI is InChI=1S/C18H25BrO3/c1-4-13(6-8-18(22)16(5-2)12(3)20)10-14-11-15(19)7-9-17(14)21/h5,7,9-12,16,18,20-22H,2,4,6,8H2,1,3H3/b13-10+/t12-,16+,18-/m1/s1. The Morgan fingerprint density at radius 1 is 1.36 bits per heavy atom. The topological polar surface area (TPSA) is 60.7 Å². The van der Waals surface area contributed by atoms with Crippen molar-refractivity contribution in [2.75, 3.05) is 0 Å². The minimum atomic E-state index is -0.622. The lowest BCUT2D eigenvalue weighted by Crippen LogP contribution is -2.28. The number of phenolic OH excluding ortho intramolecular Hbond substituents is 1. The highest BCUT2D eigenvalue weighted by Gasteiger charge is 2.20. The van der Waals surface area contributed by atoms with E-state index in [1.807, 2.05) is 19.1 Å². The molecule has 22 heavy (non-hydrogen) atoms. The van der Waals surface area contributed by atoms with E-state index in [2.05, 4.69) is 22.5 Å². The Morgan fingerprint density at radius 3 is 2.59 bits per heavy atom. The van der Waals surface area contributed by atoms with E-state index in [0.29, 0.717) is 12.8 Å². The molecular weight excluding hydrogens is 344 g/mol. The smallest absolute Gasteiger partial charge is 0.122 e. The van der Waals surface area contributed by atoms with Crippen molar-refractivity contribution in [3.8, 4) is 5.75 Å². The van der Waals surface area contributed by atoms with Gasteiger partial charge in [0.05, 0.1) is 12.2 Å². The molecule has 0 aliphatic rings. The molecule has 3 nitrogen and oxygen atoms in total. The Bertz CT molecular complexity index is 523. The van der Waals surface area contributed by atoms with Crippen molar-refractivity contribution in [2.24, 2.45) is 5.92 Å². The lowest BCUT2D eigenvalue weighted by Gasteiger charge is -2.22. The molecule has 0 heterocycles. The number of allylic oxidation sites excluding steroid dienone is 1. The van der Waals surface area contributed by atoms with Gasteiger partial charge in [-0.05, 0) is 44.4 Å². The molecule has 3 N–H and O–H groups in total. The summed E-state index contributed by atoms with van der Waals surface area (Å²) < 4.78 is 0.910. The predicted octanol–water partition coefficient (Wildman–Crippen LogP) is 4.27. The van der Waals surface area contributed by atoms with E-state index in [0.717, 1.165) is 22.0 Å². The van der Waals surface area contributed by atoms with Gasteiger partial charge in [-0.15, -0.1) is 6.58 Å². The van der Waals surface area contributed by atoms with Gasteiger partial charge in [0.1, 0.15) is 5.75 Å². The first-order valence-corrected chi connectivity index (χ1v) is 8.35. The molecule has 1 aromatic carbocycles. The van der Waals surface area contributed by atoms with Crippen LogP contribution in [0, 0.1) is 5.92 Å². The van der Waals surface area contributed by atoms with E-state index in [1.54, 1.807) is 25.1 Å². The molecular formula is C18H25BrO3. The number of phenols is 1. The van der Waals surface area contributed by atoms with E-state index < -0.39 is 12.2 Å². The largest absolute Gasteiger partial charge is 0.507 e. The van der Waals surface area contributed by atoms with Crippen LogP contribution in [0.15, 0.2) is 40.9 Å². The van der Waals surface area contributed by atoms with Gasteiger partial charge in [0.2, 0.25) is 0 Å². The highest BCUT2D eigenvalue weighted by atomic mass is 79.9. The summed E-state index contributed by atoms with van der Waals surface area (Å²) >= 11 is 3.40. The number of aromatic hydroxyl groups is 1. The first-order chi connectivity index (χ1) is 10.4. The Hall–Kier alpha value is -1.10. The molecule has 0 spiro atoms. The fourth-order valence-electron chi connectivity index (χ4n) is 2.41. The maximum Gasteiger partial charge on any atom is 0.122 e. The van der Waals surface area contributed by atoms with Crippen molar-refractivity contribution in [1.29, 1.82) is 0 Å². The molecule has 4 heteroatoms. The second-order valence-corrected chi connectivity index (χ2v) is 6.43. The molecule has 0 saturated heterocycles. The average Bonchev–Trinajstić information content (AvgIpc) is 2.47. The number of hydrogen-bond donors (Lipinski definition) is 3. The Kier molecular flexibility index (Phi) is 7.87. The van der Waals surface area contributed by atoms with E-state index in [1.165, 1.54) is 0 Å². The summed E-state index contributed by atoms with van der Waals surface area (Å²) in [5.74, 6) is -0.0833. The van der Waals surface area contributed by atoms with Crippen molar-refractivity contribution in [3.05, 3.63) is 46.5 Å². The number of aliphatic hydroxyl groups is 2. The summed E-state index contributed by atoms with van der Waals surface area (Å²) in [4.78, 5) is 0. The number of halogens is 1. The van der Waals surface area contributed by atoms with Crippen LogP contribution in [0.5, 0.6) is 5.75 Å². The summed E-state index contributed by atoms with van der Waals surface area (Å²) in [5.41, 5.74) is 1.90. The van der Waals surface area contributed by atoms with Crippen LogP contribution in [0.25, 0.3) is 6.08 Å². The Labute approximate surface area is 141 Å². The van der Waals surface area contributed by atoms with Crippen molar-refractivity contribution < 1.29 is 15.3 Å². The second kappa shape index (κ2) is 9.13. The second-order valence-electron chi connectivity index (χ2n) is 5.52. The first kappa shape index (κ1) is 18.9. The highest BCUT2D eigenvalue weighted by molar-refractivity contribution is 9.10. The van der Waals surface area contributed by atoms with E-state index in [-0.39, 0.29) is 11.7 Å². The zero-order valence-corrected chi connectivity index (χ0v) is 14.8. The van der Waals surface area contributed by atoms with Crippen LogP contribution in [-0.2, 0) is 0 Å². The summed E-state index contributed by atoms with van der Waals surface area (Å²) in [7, 11) is 0. The molecule has 0 amide bonds. The van der Waals surface area contributed by atoms with Gasteiger partial charge in [-0.1, -0.05) is 40.6 Å². The first-order valence-electron chi connectivity index (χ1n) is 7.55. The number of hydrogen-bond acceptors (Lipinski definition) is 3. The fraction of sp³-hybridized carbons (Fsp3) is 0.444. The SMILES string of the molecule is C=C[C@H]([C@H](O)CC/C(=C/c1cc(Br)ccc1O)CC)[C@@H](C)O. The Morgan fingerprint density at radius 2 is 2.05 bits per heavy atom. The van der Waals surface area contributed by atoms with Gasteiger partial charge in [-0.3, -0.25) is 0 Å². The number of benzene rings is 1. The van der Waals surface area contributed by atoms with E-state index >= 15 is 0 Å². The molecule has 0 saturated carbocycles. The zero-order chi connectivity index (χ0) is 16.7. The molecule has 0 aliphatic heterocycles. The summed E-state index contributed by atoms with van der Waals surface area (Å²) in [6.07, 6.45) is 4.42. The third-order valence-electron chi connectivity index (χ3n) is 3.84. The Balaban J connectivity index is 2.78.